The summed E-state index contributed by atoms with van der Waals surface area (Å²) in [7, 11) is 0. The summed E-state index contributed by atoms with van der Waals surface area (Å²) < 4.78 is 0.163. The van der Waals surface area contributed by atoms with E-state index in [1.54, 1.807) is 12.1 Å². The van der Waals surface area contributed by atoms with Gasteiger partial charge in [0.05, 0.1) is 5.41 Å². The zero-order valence-corrected chi connectivity index (χ0v) is 16.9. The molecule has 2 amide bonds. The van der Waals surface area contributed by atoms with Gasteiger partial charge in [0.2, 0.25) is 5.91 Å². The average molecular weight is 419 g/mol. The molecular formula is C21H27BrN2O2. The SMILES string of the molecule is CCCNC(=O)c1cccc(NC(=O)C23CC4CC(CC(Br)(C4)C2)C3)c1. The van der Waals surface area contributed by atoms with Crippen molar-refractivity contribution in [2.75, 3.05) is 11.9 Å². The molecule has 5 rings (SSSR count). The molecule has 0 aliphatic heterocycles. The molecule has 0 radical (unpaired) electrons. The number of carbonyl (C=O) groups is 2. The van der Waals surface area contributed by atoms with Gasteiger partial charge in [0.25, 0.3) is 5.91 Å². The fourth-order valence-corrected chi connectivity index (χ4v) is 7.21. The van der Waals surface area contributed by atoms with Gasteiger partial charge in [-0.2, -0.15) is 0 Å². The first-order valence-corrected chi connectivity index (χ1v) is 10.6. The summed E-state index contributed by atoms with van der Waals surface area (Å²) in [6.07, 6.45) is 7.59. The largest absolute Gasteiger partial charge is 0.352 e. The molecule has 140 valence electrons. The van der Waals surface area contributed by atoms with Crippen molar-refractivity contribution in [3.63, 3.8) is 0 Å². The monoisotopic (exact) mass is 418 g/mol. The summed E-state index contributed by atoms with van der Waals surface area (Å²) in [5.74, 6) is 1.40. The Morgan fingerprint density at radius 3 is 2.58 bits per heavy atom. The van der Waals surface area contributed by atoms with E-state index >= 15 is 0 Å². The summed E-state index contributed by atoms with van der Waals surface area (Å²) >= 11 is 3.97. The first-order valence-electron chi connectivity index (χ1n) is 9.80. The lowest BCUT2D eigenvalue weighted by atomic mass is 9.49. The van der Waals surface area contributed by atoms with E-state index < -0.39 is 0 Å². The maximum atomic E-state index is 13.2. The summed E-state index contributed by atoms with van der Waals surface area (Å²) in [5.41, 5.74) is 1.07. The van der Waals surface area contributed by atoms with E-state index in [4.69, 9.17) is 0 Å². The molecule has 4 saturated carbocycles. The number of carbonyl (C=O) groups excluding carboxylic acids is 2. The number of rotatable bonds is 5. The van der Waals surface area contributed by atoms with E-state index in [2.05, 4.69) is 26.6 Å². The van der Waals surface area contributed by atoms with Crippen LogP contribution in [0.4, 0.5) is 5.69 Å². The molecule has 5 heteroatoms. The van der Waals surface area contributed by atoms with E-state index in [-0.39, 0.29) is 21.6 Å². The van der Waals surface area contributed by atoms with Crippen LogP contribution in [0.3, 0.4) is 0 Å². The molecule has 1 aromatic rings. The molecule has 4 bridgehead atoms. The van der Waals surface area contributed by atoms with Gasteiger partial charge in [-0.3, -0.25) is 9.59 Å². The van der Waals surface area contributed by atoms with Crippen LogP contribution in [0.5, 0.6) is 0 Å². The average Bonchev–Trinajstić information content (AvgIpc) is 2.57. The molecule has 0 aromatic heterocycles. The van der Waals surface area contributed by atoms with E-state index in [1.165, 1.54) is 19.3 Å². The third-order valence-electron chi connectivity index (χ3n) is 6.39. The van der Waals surface area contributed by atoms with Crippen molar-refractivity contribution in [3.8, 4) is 0 Å². The number of hydrogen-bond donors (Lipinski definition) is 2. The number of anilines is 1. The Balaban J connectivity index is 1.49. The van der Waals surface area contributed by atoms with Gasteiger partial charge < -0.3 is 10.6 Å². The van der Waals surface area contributed by atoms with Crippen LogP contribution in [0.15, 0.2) is 24.3 Å². The van der Waals surface area contributed by atoms with Crippen LogP contribution >= 0.6 is 15.9 Å². The standard InChI is InChI=1S/C21H27BrN2O2/c1-2-6-23-18(25)16-4-3-5-17(8-16)24-19(26)20-9-14-7-15(10-20)12-21(22,11-14)13-20/h3-5,8,14-15H,2,6-7,9-13H2,1H3,(H,23,25)(H,24,26). The van der Waals surface area contributed by atoms with Crippen molar-refractivity contribution in [2.24, 2.45) is 17.3 Å². The number of nitrogens with one attached hydrogen (secondary N) is 2. The van der Waals surface area contributed by atoms with Crippen molar-refractivity contribution >= 4 is 33.4 Å². The van der Waals surface area contributed by atoms with Gasteiger partial charge in [-0.05, 0) is 75.0 Å². The smallest absolute Gasteiger partial charge is 0.251 e. The first kappa shape index (κ1) is 18.0. The zero-order chi connectivity index (χ0) is 18.4. The van der Waals surface area contributed by atoms with Crippen molar-refractivity contribution in [1.29, 1.82) is 0 Å². The van der Waals surface area contributed by atoms with Crippen molar-refractivity contribution < 1.29 is 9.59 Å². The lowest BCUT2D eigenvalue weighted by molar-refractivity contribution is -0.138. The molecule has 0 saturated heterocycles. The maximum absolute atomic E-state index is 13.2. The second kappa shape index (κ2) is 6.66. The quantitative estimate of drug-likeness (QED) is 0.691. The van der Waals surface area contributed by atoms with Crippen LogP contribution in [-0.2, 0) is 4.79 Å². The molecule has 4 aliphatic rings. The highest BCUT2D eigenvalue weighted by molar-refractivity contribution is 9.10. The Hall–Kier alpha value is -1.36. The fraction of sp³-hybridized carbons (Fsp3) is 0.619. The molecule has 2 unspecified atom stereocenters. The van der Waals surface area contributed by atoms with Gasteiger partial charge in [-0.25, -0.2) is 0 Å². The van der Waals surface area contributed by atoms with Crippen LogP contribution in [-0.4, -0.2) is 22.7 Å². The third-order valence-corrected chi connectivity index (χ3v) is 7.32. The van der Waals surface area contributed by atoms with E-state index in [0.717, 1.165) is 31.4 Å². The minimum atomic E-state index is -0.242. The number of amides is 2. The second-order valence-corrected chi connectivity index (χ2v) is 10.4. The molecule has 2 N–H and O–H groups in total. The molecule has 2 atom stereocenters. The number of hydrogen-bond acceptors (Lipinski definition) is 2. The predicted molar refractivity (Wildman–Crippen MR) is 106 cm³/mol. The second-order valence-electron chi connectivity index (χ2n) is 8.68. The first-order chi connectivity index (χ1) is 12.4. The molecule has 1 aromatic carbocycles. The summed E-state index contributed by atoms with van der Waals surface area (Å²) in [5, 5.41) is 6.01. The molecule has 0 heterocycles. The van der Waals surface area contributed by atoms with Gasteiger partial charge in [0, 0.05) is 22.1 Å². The number of benzene rings is 1. The highest BCUT2D eigenvalue weighted by atomic mass is 79.9. The summed E-state index contributed by atoms with van der Waals surface area (Å²) in [6.45, 7) is 2.69. The lowest BCUT2D eigenvalue weighted by Gasteiger charge is -2.59. The normalized spacial score (nSPS) is 34.5. The maximum Gasteiger partial charge on any atom is 0.251 e. The Bertz CT molecular complexity index is 718. The number of halogens is 1. The lowest BCUT2D eigenvalue weighted by Crippen LogP contribution is -2.57. The van der Waals surface area contributed by atoms with Crippen LogP contribution in [0.2, 0.25) is 0 Å². The minimum absolute atomic E-state index is 0.0860. The fourth-order valence-electron chi connectivity index (χ4n) is 5.76. The third kappa shape index (κ3) is 3.30. The van der Waals surface area contributed by atoms with Gasteiger partial charge in [0.15, 0.2) is 0 Å². The van der Waals surface area contributed by atoms with Crippen molar-refractivity contribution in [1.82, 2.24) is 5.32 Å². The Morgan fingerprint density at radius 2 is 1.92 bits per heavy atom. The minimum Gasteiger partial charge on any atom is -0.352 e. The highest BCUT2D eigenvalue weighted by Crippen LogP contribution is 2.64. The van der Waals surface area contributed by atoms with Crippen LogP contribution in [0, 0.1) is 17.3 Å². The van der Waals surface area contributed by atoms with E-state index in [0.29, 0.717) is 23.9 Å². The van der Waals surface area contributed by atoms with Crippen molar-refractivity contribution in [2.45, 2.75) is 56.2 Å². The molecule has 4 nitrogen and oxygen atoms in total. The molecule has 4 fully saturated rings. The highest BCUT2D eigenvalue weighted by Gasteiger charge is 2.59. The Morgan fingerprint density at radius 1 is 1.19 bits per heavy atom. The Kier molecular flexibility index (Phi) is 4.62. The topological polar surface area (TPSA) is 58.2 Å². The summed E-state index contributed by atoms with van der Waals surface area (Å²) in [4.78, 5) is 25.4. The molecule has 0 spiro atoms. The van der Waals surface area contributed by atoms with E-state index in [1.807, 2.05) is 19.1 Å². The Labute approximate surface area is 163 Å². The van der Waals surface area contributed by atoms with Crippen LogP contribution in [0.1, 0.15) is 62.2 Å². The number of alkyl halides is 1. The summed E-state index contributed by atoms with van der Waals surface area (Å²) in [6, 6.07) is 7.28. The predicted octanol–water partition coefficient (Wildman–Crippen LogP) is 4.50. The van der Waals surface area contributed by atoms with Crippen LogP contribution < -0.4 is 10.6 Å². The molecule has 4 aliphatic carbocycles. The zero-order valence-electron chi connectivity index (χ0n) is 15.3. The van der Waals surface area contributed by atoms with Gasteiger partial charge in [-0.1, -0.05) is 28.9 Å². The van der Waals surface area contributed by atoms with Gasteiger partial charge in [-0.15, -0.1) is 0 Å². The van der Waals surface area contributed by atoms with Crippen molar-refractivity contribution in [3.05, 3.63) is 29.8 Å². The van der Waals surface area contributed by atoms with E-state index in [9.17, 15) is 9.59 Å². The molecule has 26 heavy (non-hydrogen) atoms. The van der Waals surface area contributed by atoms with Gasteiger partial charge >= 0.3 is 0 Å². The molecular weight excluding hydrogens is 392 g/mol. The van der Waals surface area contributed by atoms with Gasteiger partial charge in [0.1, 0.15) is 0 Å². The van der Waals surface area contributed by atoms with Crippen LogP contribution in [0.25, 0.3) is 0 Å².